The van der Waals surface area contributed by atoms with Gasteiger partial charge in [-0.2, -0.15) is 0 Å². The van der Waals surface area contributed by atoms with Crippen molar-refractivity contribution in [1.82, 2.24) is 4.72 Å². The summed E-state index contributed by atoms with van der Waals surface area (Å²) in [7, 11) is -3.67. The number of nitrogens with one attached hydrogen (secondary N) is 1. The average Bonchev–Trinajstić information content (AvgIpc) is 2.80. The molecule has 0 bridgehead atoms. The fraction of sp³-hybridized carbons (Fsp3) is 0.538. The molecule has 0 radical (unpaired) electrons. The summed E-state index contributed by atoms with van der Waals surface area (Å²) < 4.78 is 40.9. The van der Waals surface area contributed by atoms with E-state index < -0.39 is 15.8 Å². The third-order valence-electron chi connectivity index (χ3n) is 3.78. The molecule has 0 heterocycles. The van der Waals surface area contributed by atoms with Gasteiger partial charge in [0.15, 0.2) is 0 Å². The Bertz CT molecular complexity index is 639. The number of aryl methyl sites for hydroxylation is 1. The molecule has 1 atom stereocenters. The van der Waals surface area contributed by atoms with Gasteiger partial charge < -0.3 is 5.73 Å². The summed E-state index contributed by atoms with van der Waals surface area (Å²) in [6.07, 6.45) is 0.807. The first-order valence-electron chi connectivity index (χ1n) is 6.14. The fourth-order valence-corrected chi connectivity index (χ4v) is 4.15. The minimum absolute atomic E-state index is 0.0134. The lowest BCUT2D eigenvalue weighted by Gasteiger charge is -2.15. The molecule has 19 heavy (non-hydrogen) atoms. The van der Waals surface area contributed by atoms with Gasteiger partial charge in [-0.05, 0) is 42.9 Å². The van der Waals surface area contributed by atoms with Crippen molar-refractivity contribution < 1.29 is 12.8 Å². The molecule has 0 spiro atoms. The third-order valence-corrected chi connectivity index (χ3v) is 5.54. The van der Waals surface area contributed by atoms with Crippen LogP contribution in [0.4, 0.5) is 10.1 Å². The van der Waals surface area contributed by atoms with Crippen LogP contribution in [0.15, 0.2) is 11.0 Å². The SMILES string of the molecule is Cc1cc(F)c(N)c(C)c1S(=O)(=O)NC1CC1(C)C. The Hall–Kier alpha value is -1.14. The molecule has 6 heteroatoms. The van der Waals surface area contributed by atoms with Crippen LogP contribution in [0.3, 0.4) is 0 Å². The molecule has 1 aromatic carbocycles. The second kappa shape index (κ2) is 4.18. The fourth-order valence-electron chi connectivity index (χ4n) is 2.26. The molecule has 1 saturated carbocycles. The van der Waals surface area contributed by atoms with Crippen molar-refractivity contribution in [1.29, 1.82) is 0 Å². The van der Waals surface area contributed by atoms with Gasteiger partial charge in [0.2, 0.25) is 10.0 Å². The van der Waals surface area contributed by atoms with Gasteiger partial charge in [-0.15, -0.1) is 0 Å². The van der Waals surface area contributed by atoms with Crippen molar-refractivity contribution >= 4 is 15.7 Å². The van der Waals surface area contributed by atoms with Gasteiger partial charge in [-0.25, -0.2) is 17.5 Å². The van der Waals surface area contributed by atoms with E-state index in [2.05, 4.69) is 4.72 Å². The summed E-state index contributed by atoms with van der Waals surface area (Å²) in [5, 5.41) is 0. The van der Waals surface area contributed by atoms with Gasteiger partial charge >= 0.3 is 0 Å². The number of benzene rings is 1. The van der Waals surface area contributed by atoms with Crippen LogP contribution in [0.5, 0.6) is 0 Å². The van der Waals surface area contributed by atoms with E-state index in [-0.39, 0.29) is 27.6 Å². The molecular weight excluding hydrogens is 267 g/mol. The molecule has 3 N–H and O–H groups in total. The van der Waals surface area contributed by atoms with Crippen LogP contribution in [0.2, 0.25) is 0 Å². The highest BCUT2D eigenvalue weighted by atomic mass is 32.2. The molecule has 2 rings (SSSR count). The first-order valence-corrected chi connectivity index (χ1v) is 7.62. The van der Waals surface area contributed by atoms with Crippen LogP contribution >= 0.6 is 0 Å². The van der Waals surface area contributed by atoms with Crippen LogP contribution in [-0.2, 0) is 10.0 Å². The van der Waals surface area contributed by atoms with Crippen molar-refractivity contribution in [2.24, 2.45) is 5.41 Å². The molecular formula is C13H19FN2O2S. The predicted octanol–water partition coefficient (Wildman–Crippen LogP) is 2.10. The molecule has 106 valence electrons. The first-order chi connectivity index (χ1) is 8.56. The lowest BCUT2D eigenvalue weighted by atomic mass is 10.1. The van der Waals surface area contributed by atoms with E-state index in [4.69, 9.17) is 5.73 Å². The van der Waals surface area contributed by atoms with Crippen molar-refractivity contribution in [2.45, 2.75) is 45.1 Å². The van der Waals surface area contributed by atoms with Gasteiger partial charge in [0.25, 0.3) is 0 Å². The summed E-state index contributed by atoms with van der Waals surface area (Å²) >= 11 is 0. The van der Waals surface area contributed by atoms with E-state index in [0.717, 1.165) is 12.5 Å². The Balaban J connectivity index is 2.44. The van der Waals surface area contributed by atoms with Gasteiger partial charge in [0.1, 0.15) is 5.82 Å². The maximum absolute atomic E-state index is 13.5. The van der Waals surface area contributed by atoms with E-state index >= 15 is 0 Å². The molecule has 0 aliphatic heterocycles. The van der Waals surface area contributed by atoms with E-state index in [1.165, 1.54) is 6.92 Å². The first kappa shape index (κ1) is 14.3. The number of rotatable bonds is 3. The maximum atomic E-state index is 13.5. The van der Waals surface area contributed by atoms with Crippen LogP contribution in [0, 0.1) is 25.1 Å². The minimum Gasteiger partial charge on any atom is -0.396 e. The highest BCUT2D eigenvalue weighted by molar-refractivity contribution is 7.89. The summed E-state index contributed by atoms with van der Waals surface area (Å²) in [5.41, 5.74) is 6.09. The highest BCUT2D eigenvalue weighted by Crippen LogP contribution is 2.45. The van der Waals surface area contributed by atoms with Gasteiger partial charge in [0, 0.05) is 6.04 Å². The summed E-state index contributed by atoms with van der Waals surface area (Å²) in [4.78, 5) is 0.0918. The predicted molar refractivity (Wildman–Crippen MR) is 72.8 cm³/mol. The van der Waals surface area contributed by atoms with Gasteiger partial charge in [-0.1, -0.05) is 13.8 Å². The average molecular weight is 286 g/mol. The van der Waals surface area contributed by atoms with E-state index in [1.54, 1.807) is 6.92 Å². The number of hydrogen-bond acceptors (Lipinski definition) is 3. The molecule has 1 aliphatic carbocycles. The van der Waals surface area contributed by atoms with Crippen molar-refractivity contribution in [2.75, 3.05) is 5.73 Å². The number of anilines is 1. The molecule has 0 amide bonds. The number of hydrogen-bond donors (Lipinski definition) is 2. The zero-order valence-corrected chi connectivity index (χ0v) is 12.4. The highest BCUT2D eigenvalue weighted by Gasteiger charge is 2.48. The molecule has 1 aliphatic rings. The second-order valence-electron chi connectivity index (χ2n) is 5.91. The number of sulfonamides is 1. The lowest BCUT2D eigenvalue weighted by molar-refractivity contribution is 0.553. The topological polar surface area (TPSA) is 72.2 Å². The van der Waals surface area contributed by atoms with Crippen molar-refractivity contribution in [3.05, 3.63) is 23.0 Å². The maximum Gasteiger partial charge on any atom is 0.241 e. The van der Waals surface area contributed by atoms with E-state index in [1.807, 2.05) is 13.8 Å². The molecule has 4 nitrogen and oxygen atoms in total. The normalized spacial score (nSPS) is 21.4. The van der Waals surface area contributed by atoms with Crippen LogP contribution in [-0.4, -0.2) is 14.5 Å². The lowest BCUT2D eigenvalue weighted by Crippen LogP contribution is -2.30. The number of halogens is 1. The van der Waals surface area contributed by atoms with Crippen LogP contribution < -0.4 is 10.5 Å². The molecule has 1 fully saturated rings. The zero-order chi connectivity index (χ0) is 14.6. The summed E-state index contributed by atoms with van der Waals surface area (Å²) in [6, 6.07) is 1.09. The van der Waals surface area contributed by atoms with E-state index in [0.29, 0.717) is 5.56 Å². The van der Waals surface area contributed by atoms with Gasteiger partial charge in [0.05, 0.1) is 10.6 Å². The molecule has 0 saturated heterocycles. The van der Waals surface area contributed by atoms with Crippen molar-refractivity contribution in [3.8, 4) is 0 Å². The smallest absolute Gasteiger partial charge is 0.241 e. The quantitative estimate of drug-likeness (QED) is 0.836. The Morgan fingerprint density at radius 3 is 2.42 bits per heavy atom. The minimum atomic E-state index is -3.67. The van der Waals surface area contributed by atoms with Gasteiger partial charge in [-0.3, -0.25) is 0 Å². The Kier molecular flexibility index (Phi) is 3.14. The Morgan fingerprint density at radius 2 is 1.95 bits per heavy atom. The molecule has 1 unspecified atom stereocenters. The monoisotopic (exact) mass is 286 g/mol. The van der Waals surface area contributed by atoms with E-state index in [9.17, 15) is 12.8 Å². The second-order valence-corrected chi connectivity index (χ2v) is 7.56. The summed E-state index contributed by atoms with van der Waals surface area (Å²) in [6.45, 7) is 7.10. The standard InChI is InChI=1S/C13H19FN2O2S/c1-7-5-9(14)11(15)8(2)12(7)19(17,18)16-10-6-13(10,3)4/h5,10,16H,6,15H2,1-4H3. The Labute approximate surface area is 113 Å². The molecule has 1 aromatic rings. The number of nitrogen functional groups attached to an aromatic ring is 1. The van der Waals surface area contributed by atoms with Crippen LogP contribution in [0.25, 0.3) is 0 Å². The summed E-state index contributed by atoms with van der Waals surface area (Å²) in [5.74, 6) is -0.583. The third kappa shape index (κ3) is 2.47. The number of nitrogens with two attached hydrogens (primary N) is 1. The largest absolute Gasteiger partial charge is 0.396 e. The molecule has 0 aromatic heterocycles. The van der Waals surface area contributed by atoms with Crippen molar-refractivity contribution in [3.63, 3.8) is 0 Å². The Morgan fingerprint density at radius 1 is 1.42 bits per heavy atom. The zero-order valence-electron chi connectivity index (χ0n) is 11.5. The van der Waals surface area contributed by atoms with Crippen LogP contribution in [0.1, 0.15) is 31.4 Å².